The molecule has 0 aliphatic heterocycles. The third-order valence-corrected chi connectivity index (χ3v) is 3.14. The van der Waals surface area contributed by atoms with E-state index >= 15 is 0 Å². The molecule has 0 aliphatic carbocycles. The molecule has 2 aromatic carbocycles. The normalized spacial score (nSPS) is 10.7. The van der Waals surface area contributed by atoms with Gasteiger partial charge >= 0.3 is 0 Å². The van der Waals surface area contributed by atoms with Crippen LogP contribution in [0.1, 0.15) is 38.7 Å². The van der Waals surface area contributed by atoms with Gasteiger partial charge in [0.15, 0.2) is 0 Å². The highest BCUT2D eigenvalue weighted by Crippen LogP contribution is 2.30. The minimum absolute atomic E-state index is 0.470. The number of anilines is 1. The Labute approximate surface area is 126 Å². The molecule has 0 spiro atoms. The van der Waals surface area contributed by atoms with Crippen molar-refractivity contribution >= 4 is 5.69 Å². The molecule has 0 atom stereocenters. The maximum absolute atomic E-state index is 5.91. The Morgan fingerprint density at radius 1 is 1.00 bits per heavy atom. The molecule has 0 bridgehead atoms. The van der Waals surface area contributed by atoms with Gasteiger partial charge in [-0.15, -0.1) is 0 Å². The molecular formula is C18H23NO2. The standard InChI is InChI=1S/C18H23NO2/c1-4-8-20-17-10-15(19)11-18(12-17)21-16-7-5-6-14(9-16)13(2)3/h5-7,9-13H,4,8,19H2,1-3H3. The van der Waals surface area contributed by atoms with Gasteiger partial charge in [0.05, 0.1) is 6.61 Å². The average Bonchev–Trinajstić information content (AvgIpc) is 2.45. The predicted molar refractivity (Wildman–Crippen MR) is 87.2 cm³/mol. The predicted octanol–water partition coefficient (Wildman–Crippen LogP) is 4.97. The maximum atomic E-state index is 5.91. The van der Waals surface area contributed by atoms with E-state index in [0.717, 1.165) is 17.9 Å². The molecule has 0 fully saturated rings. The smallest absolute Gasteiger partial charge is 0.133 e. The van der Waals surface area contributed by atoms with Crippen LogP contribution in [0, 0.1) is 0 Å². The largest absolute Gasteiger partial charge is 0.493 e. The molecule has 112 valence electrons. The fourth-order valence-corrected chi connectivity index (χ4v) is 2.03. The van der Waals surface area contributed by atoms with Gasteiger partial charge in [0.2, 0.25) is 0 Å². The number of nitrogen functional groups attached to an aromatic ring is 1. The molecule has 3 heteroatoms. The second-order valence-corrected chi connectivity index (χ2v) is 5.42. The van der Waals surface area contributed by atoms with Gasteiger partial charge < -0.3 is 15.2 Å². The van der Waals surface area contributed by atoms with Crippen LogP contribution < -0.4 is 15.2 Å². The highest BCUT2D eigenvalue weighted by molar-refractivity contribution is 5.51. The van der Waals surface area contributed by atoms with Crippen molar-refractivity contribution in [1.82, 2.24) is 0 Å². The maximum Gasteiger partial charge on any atom is 0.133 e. The van der Waals surface area contributed by atoms with E-state index in [9.17, 15) is 0 Å². The van der Waals surface area contributed by atoms with E-state index in [1.54, 1.807) is 6.07 Å². The molecule has 0 saturated carbocycles. The van der Waals surface area contributed by atoms with Gasteiger partial charge in [-0.3, -0.25) is 0 Å². The lowest BCUT2D eigenvalue weighted by Gasteiger charge is -2.12. The summed E-state index contributed by atoms with van der Waals surface area (Å²) in [5.41, 5.74) is 7.79. The Hall–Kier alpha value is -2.16. The highest BCUT2D eigenvalue weighted by Gasteiger charge is 2.05. The first-order valence-electron chi connectivity index (χ1n) is 7.39. The second kappa shape index (κ2) is 7.02. The summed E-state index contributed by atoms with van der Waals surface area (Å²) in [6.45, 7) is 7.07. The lowest BCUT2D eigenvalue weighted by atomic mass is 10.0. The Bertz CT molecular complexity index is 594. The van der Waals surface area contributed by atoms with Crippen molar-refractivity contribution in [3.05, 3.63) is 48.0 Å². The number of hydrogen-bond acceptors (Lipinski definition) is 3. The van der Waals surface area contributed by atoms with Gasteiger partial charge in [-0.25, -0.2) is 0 Å². The molecule has 0 amide bonds. The molecule has 0 saturated heterocycles. The first-order chi connectivity index (χ1) is 10.1. The molecule has 0 unspecified atom stereocenters. The SMILES string of the molecule is CCCOc1cc(N)cc(Oc2cccc(C(C)C)c2)c1. The highest BCUT2D eigenvalue weighted by atomic mass is 16.5. The zero-order valence-corrected chi connectivity index (χ0v) is 12.9. The quantitative estimate of drug-likeness (QED) is 0.762. The van der Waals surface area contributed by atoms with Crippen LogP contribution in [0.15, 0.2) is 42.5 Å². The molecule has 2 aromatic rings. The summed E-state index contributed by atoms with van der Waals surface area (Å²) in [4.78, 5) is 0. The van der Waals surface area contributed by atoms with Crippen molar-refractivity contribution in [1.29, 1.82) is 0 Å². The lowest BCUT2D eigenvalue weighted by molar-refractivity contribution is 0.316. The average molecular weight is 285 g/mol. The van der Waals surface area contributed by atoms with Crippen LogP contribution in [0.5, 0.6) is 17.2 Å². The van der Waals surface area contributed by atoms with E-state index in [0.29, 0.717) is 24.0 Å². The Morgan fingerprint density at radius 2 is 1.76 bits per heavy atom. The molecule has 0 aliphatic rings. The number of ether oxygens (including phenoxy) is 2. The lowest BCUT2D eigenvalue weighted by Crippen LogP contribution is -1.97. The number of rotatable bonds is 6. The fraction of sp³-hybridized carbons (Fsp3) is 0.333. The molecule has 21 heavy (non-hydrogen) atoms. The minimum Gasteiger partial charge on any atom is -0.493 e. The van der Waals surface area contributed by atoms with Crippen molar-refractivity contribution in [2.45, 2.75) is 33.1 Å². The Kier molecular flexibility index (Phi) is 5.09. The first-order valence-corrected chi connectivity index (χ1v) is 7.39. The van der Waals surface area contributed by atoms with E-state index in [1.165, 1.54) is 5.56 Å². The Balaban J connectivity index is 2.18. The molecule has 0 radical (unpaired) electrons. The number of benzene rings is 2. The molecular weight excluding hydrogens is 262 g/mol. The zero-order chi connectivity index (χ0) is 15.2. The van der Waals surface area contributed by atoms with Crippen LogP contribution in [0.4, 0.5) is 5.69 Å². The van der Waals surface area contributed by atoms with Gasteiger partial charge in [0, 0.05) is 23.9 Å². The van der Waals surface area contributed by atoms with E-state index < -0.39 is 0 Å². The van der Waals surface area contributed by atoms with Crippen molar-refractivity contribution in [3.8, 4) is 17.2 Å². The summed E-state index contributed by atoms with van der Waals surface area (Å²) >= 11 is 0. The summed E-state index contributed by atoms with van der Waals surface area (Å²) in [6.07, 6.45) is 0.960. The summed E-state index contributed by atoms with van der Waals surface area (Å²) in [5.74, 6) is 2.72. The molecule has 0 aromatic heterocycles. The van der Waals surface area contributed by atoms with Crippen molar-refractivity contribution in [2.75, 3.05) is 12.3 Å². The van der Waals surface area contributed by atoms with Crippen molar-refractivity contribution in [2.24, 2.45) is 0 Å². The van der Waals surface area contributed by atoms with Gasteiger partial charge in [-0.1, -0.05) is 32.9 Å². The van der Waals surface area contributed by atoms with Crippen LogP contribution in [0.3, 0.4) is 0 Å². The number of hydrogen-bond donors (Lipinski definition) is 1. The topological polar surface area (TPSA) is 44.5 Å². The molecule has 2 N–H and O–H groups in total. The van der Waals surface area contributed by atoms with Gasteiger partial charge in [0.1, 0.15) is 17.2 Å². The summed E-state index contributed by atoms with van der Waals surface area (Å²) < 4.78 is 11.5. The second-order valence-electron chi connectivity index (χ2n) is 5.42. The van der Waals surface area contributed by atoms with Crippen LogP contribution in [0.2, 0.25) is 0 Å². The third-order valence-electron chi connectivity index (χ3n) is 3.14. The fourth-order valence-electron chi connectivity index (χ4n) is 2.03. The van der Waals surface area contributed by atoms with E-state index in [2.05, 4.69) is 32.9 Å². The molecule has 2 rings (SSSR count). The number of nitrogens with two attached hydrogens (primary N) is 1. The van der Waals surface area contributed by atoms with E-state index in [-0.39, 0.29) is 0 Å². The van der Waals surface area contributed by atoms with Crippen LogP contribution >= 0.6 is 0 Å². The molecule has 0 heterocycles. The molecule has 3 nitrogen and oxygen atoms in total. The van der Waals surface area contributed by atoms with Crippen molar-refractivity contribution < 1.29 is 9.47 Å². The van der Waals surface area contributed by atoms with Gasteiger partial charge in [-0.05, 0) is 30.0 Å². The zero-order valence-electron chi connectivity index (χ0n) is 12.9. The van der Waals surface area contributed by atoms with E-state index in [4.69, 9.17) is 15.2 Å². The summed E-state index contributed by atoms with van der Waals surface area (Å²) in [5, 5.41) is 0. The monoisotopic (exact) mass is 285 g/mol. The first kappa shape index (κ1) is 15.2. The van der Waals surface area contributed by atoms with Crippen LogP contribution in [0.25, 0.3) is 0 Å². The summed E-state index contributed by atoms with van der Waals surface area (Å²) in [6, 6.07) is 13.6. The summed E-state index contributed by atoms with van der Waals surface area (Å²) in [7, 11) is 0. The van der Waals surface area contributed by atoms with Crippen molar-refractivity contribution in [3.63, 3.8) is 0 Å². The van der Waals surface area contributed by atoms with Gasteiger partial charge in [-0.2, -0.15) is 0 Å². The third kappa shape index (κ3) is 4.42. The van der Waals surface area contributed by atoms with Gasteiger partial charge in [0.25, 0.3) is 0 Å². The minimum atomic E-state index is 0.470. The van der Waals surface area contributed by atoms with Crippen LogP contribution in [-0.4, -0.2) is 6.61 Å². The van der Waals surface area contributed by atoms with Crippen LogP contribution in [-0.2, 0) is 0 Å². The Morgan fingerprint density at radius 3 is 2.48 bits per heavy atom. The van der Waals surface area contributed by atoms with E-state index in [1.807, 2.05) is 24.3 Å².